The van der Waals surface area contributed by atoms with Gasteiger partial charge in [-0.2, -0.15) is 0 Å². The number of aliphatic carboxylic acids is 1. The Hall–Kier alpha value is -1.30. The molecule has 0 radical (unpaired) electrons. The molecule has 0 aromatic carbocycles. The first-order valence-electron chi connectivity index (χ1n) is 6.89. The van der Waals surface area contributed by atoms with Gasteiger partial charge in [-0.1, -0.05) is 13.8 Å². The van der Waals surface area contributed by atoms with Gasteiger partial charge in [0.2, 0.25) is 0 Å². The summed E-state index contributed by atoms with van der Waals surface area (Å²) in [6.07, 6.45) is 1.97. The summed E-state index contributed by atoms with van der Waals surface area (Å²) in [6, 6.07) is -0.286. The van der Waals surface area contributed by atoms with Crippen molar-refractivity contribution in [3.63, 3.8) is 0 Å². The summed E-state index contributed by atoms with van der Waals surface area (Å²) in [6.45, 7) is 4.69. The lowest BCUT2D eigenvalue weighted by molar-refractivity contribution is -0.149. The Kier molecular flexibility index (Phi) is 5.60. The Labute approximate surface area is 113 Å². The van der Waals surface area contributed by atoms with E-state index in [1.165, 1.54) is 0 Å². The Balaban J connectivity index is 2.54. The monoisotopic (exact) mass is 272 g/mol. The Morgan fingerprint density at radius 3 is 2.47 bits per heavy atom. The first kappa shape index (κ1) is 15.8. The molecule has 1 atom stereocenters. The molecule has 1 aliphatic heterocycles. The first-order chi connectivity index (χ1) is 8.95. The maximum Gasteiger partial charge on any atom is 0.317 e. The topological polar surface area (TPSA) is 89.9 Å². The van der Waals surface area contributed by atoms with Gasteiger partial charge < -0.3 is 20.4 Å². The molecular formula is C13H24N2O4. The van der Waals surface area contributed by atoms with E-state index in [1.54, 1.807) is 4.90 Å². The molecule has 0 bridgehead atoms. The minimum atomic E-state index is -0.899. The zero-order valence-corrected chi connectivity index (χ0v) is 11.7. The van der Waals surface area contributed by atoms with Crippen LogP contribution in [-0.2, 0) is 4.79 Å². The van der Waals surface area contributed by atoms with Crippen LogP contribution in [0.2, 0.25) is 0 Å². The molecule has 1 unspecified atom stereocenters. The predicted octanol–water partition coefficient (Wildman–Crippen LogP) is 1.04. The van der Waals surface area contributed by atoms with E-state index in [2.05, 4.69) is 5.32 Å². The summed E-state index contributed by atoms with van der Waals surface area (Å²) in [7, 11) is 0. The van der Waals surface area contributed by atoms with Gasteiger partial charge >= 0.3 is 12.0 Å². The van der Waals surface area contributed by atoms with E-state index in [9.17, 15) is 19.8 Å². The molecule has 0 aromatic heterocycles. The van der Waals surface area contributed by atoms with Crippen LogP contribution >= 0.6 is 0 Å². The SMILES string of the molecule is CCC(CC)(CNC(=O)N1CCCC(O)C1)C(=O)O. The van der Waals surface area contributed by atoms with E-state index in [1.807, 2.05) is 13.8 Å². The van der Waals surface area contributed by atoms with Crippen LogP contribution in [0.5, 0.6) is 0 Å². The molecule has 19 heavy (non-hydrogen) atoms. The Morgan fingerprint density at radius 1 is 1.37 bits per heavy atom. The number of carboxylic acid groups (broad SMARTS) is 1. The van der Waals surface area contributed by atoms with Crippen molar-refractivity contribution in [3.8, 4) is 0 Å². The van der Waals surface area contributed by atoms with E-state index in [0.717, 1.165) is 6.42 Å². The molecule has 0 aliphatic carbocycles. The third-order valence-electron chi connectivity index (χ3n) is 4.07. The molecule has 0 spiro atoms. The number of nitrogens with one attached hydrogen (secondary N) is 1. The van der Waals surface area contributed by atoms with E-state index in [0.29, 0.717) is 32.4 Å². The van der Waals surface area contributed by atoms with Gasteiger partial charge in [0.15, 0.2) is 0 Å². The van der Waals surface area contributed by atoms with Crippen molar-refractivity contribution in [2.75, 3.05) is 19.6 Å². The minimum Gasteiger partial charge on any atom is -0.481 e. The van der Waals surface area contributed by atoms with Crippen LogP contribution in [0.3, 0.4) is 0 Å². The van der Waals surface area contributed by atoms with Crippen LogP contribution in [-0.4, -0.2) is 52.9 Å². The number of β-amino-alcohol motifs (C(OH)–C–C–N with tert-alkyl or cyclic N) is 1. The molecule has 0 saturated carbocycles. The summed E-state index contributed by atoms with van der Waals surface area (Å²) in [4.78, 5) is 24.8. The summed E-state index contributed by atoms with van der Waals surface area (Å²) < 4.78 is 0. The van der Waals surface area contributed by atoms with Crippen LogP contribution in [0.25, 0.3) is 0 Å². The van der Waals surface area contributed by atoms with E-state index >= 15 is 0 Å². The number of carboxylic acids is 1. The molecule has 2 amide bonds. The van der Waals surface area contributed by atoms with Gasteiger partial charge in [0, 0.05) is 19.6 Å². The fourth-order valence-corrected chi connectivity index (χ4v) is 2.37. The lowest BCUT2D eigenvalue weighted by atomic mass is 9.82. The maximum atomic E-state index is 12.0. The average molecular weight is 272 g/mol. The number of aliphatic hydroxyl groups excluding tert-OH is 1. The molecule has 6 heteroatoms. The highest BCUT2D eigenvalue weighted by atomic mass is 16.4. The van der Waals surface area contributed by atoms with Crippen LogP contribution in [0.15, 0.2) is 0 Å². The highest BCUT2D eigenvalue weighted by Crippen LogP contribution is 2.25. The number of urea groups is 1. The van der Waals surface area contributed by atoms with Crippen LogP contribution < -0.4 is 5.32 Å². The van der Waals surface area contributed by atoms with Gasteiger partial charge in [-0.05, 0) is 25.7 Å². The summed E-state index contributed by atoms with van der Waals surface area (Å²) in [5, 5.41) is 21.5. The molecule has 3 N–H and O–H groups in total. The van der Waals surface area contributed by atoms with Crippen molar-refractivity contribution in [2.24, 2.45) is 5.41 Å². The zero-order valence-electron chi connectivity index (χ0n) is 11.7. The molecule has 1 saturated heterocycles. The number of piperidine rings is 1. The number of likely N-dealkylation sites (tertiary alicyclic amines) is 1. The van der Waals surface area contributed by atoms with Crippen LogP contribution in [0, 0.1) is 5.41 Å². The molecule has 1 fully saturated rings. The van der Waals surface area contributed by atoms with Crippen molar-refractivity contribution in [1.29, 1.82) is 0 Å². The highest BCUT2D eigenvalue weighted by Gasteiger charge is 2.35. The maximum absolute atomic E-state index is 12.0. The fourth-order valence-electron chi connectivity index (χ4n) is 2.37. The number of nitrogens with zero attached hydrogens (tertiary/aromatic N) is 1. The number of aliphatic hydroxyl groups is 1. The standard InChI is InChI=1S/C13H24N2O4/c1-3-13(4-2,11(17)18)9-14-12(19)15-7-5-6-10(16)8-15/h10,16H,3-9H2,1-2H3,(H,14,19)(H,17,18). The van der Waals surface area contributed by atoms with E-state index in [4.69, 9.17) is 0 Å². The molecule has 0 aromatic rings. The number of carbonyl (C=O) groups is 2. The predicted molar refractivity (Wildman–Crippen MR) is 70.9 cm³/mol. The normalized spacial score (nSPS) is 20.2. The second-order valence-electron chi connectivity index (χ2n) is 5.19. The van der Waals surface area contributed by atoms with Crippen molar-refractivity contribution >= 4 is 12.0 Å². The lowest BCUT2D eigenvalue weighted by Crippen LogP contribution is -2.50. The average Bonchev–Trinajstić information content (AvgIpc) is 2.40. The van der Waals surface area contributed by atoms with Crippen LogP contribution in [0.4, 0.5) is 4.79 Å². The Morgan fingerprint density at radius 2 is 2.00 bits per heavy atom. The van der Waals surface area contributed by atoms with Gasteiger partial charge in [-0.25, -0.2) is 4.79 Å². The van der Waals surface area contributed by atoms with Gasteiger partial charge in [-0.15, -0.1) is 0 Å². The number of rotatable bonds is 5. The molecule has 1 aliphatic rings. The molecule has 1 rings (SSSR count). The van der Waals surface area contributed by atoms with Gasteiger partial charge in [0.1, 0.15) is 0 Å². The number of carbonyl (C=O) groups excluding carboxylic acids is 1. The molecular weight excluding hydrogens is 248 g/mol. The number of amides is 2. The van der Waals surface area contributed by atoms with Gasteiger partial charge in [-0.3, -0.25) is 4.79 Å². The van der Waals surface area contributed by atoms with Crippen molar-refractivity contribution in [3.05, 3.63) is 0 Å². The third-order valence-corrected chi connectivity index (χ3v) is 4.07. The van der Waals surface area contributed by atoms with Crippen molar-refractivity contribution in [2.45, 2.75) is 45.6 Å². The van der Waals surface area contributed by atoms with Crippen molar-refractivity contribution in [1.82, 2.24) is 10.2 Å². The Bertz CT molecular complexity index is 329. The lowest BCUT2D eigenvalue weighted by Gasteiger charge is -2.32. The van der Waals surface area contributed by atoms with Crippen molar-refractivity contribution < 1.29 is 19.8 Å². The second-order valence-corrected chi connectivity index (χ2v) is 5.19. The van der Waals surface area contributed by atoms with Crippen LogP contribution in [0.1, 0.15) is 39.5 Å². The largest absolute Gasteiger partial charge is 0.481 e. The summed E-state index contributed by atoms with van der Waals surface area (Å²) >= 11 is 0. The van der Waals surface area contributed by atoms with E-state index in [-0.39, 0.29) is 12.6 Å². The molecule has 110 valence electrons. The first-order valence-corrected chi connectivity index (χ1v) is 6.89. The van der Waals surface area contributed by atoms with Gasteiger partial charge in [0.05, 0.1) is 11.5 Å². The smallest absolute Gasteiger partial charge is 0.317 e. The summed E-state index contributed by atoms with van der Waals surface area (Å²) in [5.41, 5.74) is -0.899. The second kappa shape index (κ2) is 6.75. The number of hydrogen-bond acceptors (Lipinski definition) is 3. The zero-order chi connectivity index (χ0) is 14.5. The molecule has 6 nitrogen and oxygen atoms in total. The van der Waals surface area contributed by atoms with Gasteiger partial charge in [0.25, 0.3) is 0 Å². The molecule has 1 heterocycles. The quantitative estimate of drug-likeness (QED) is 0.697. The fraction of sp³-hybridized carbons (Fsp3) is 0.846. The number of hydrogen-bond donors (Lipinski definition) is 3. The highest BCUT2D eigenvalue weighted by molar-refractivity contribution is 5.78. The minimum absolute atomic E-state index is 0.126. The van der Waals surface area contributed by atoms with E-state index < -0.39 is 17.5 Å². The third kappa shape index (κ3) is 3.83. The summed E-state index contributed by atoms with van der Waals surface area (Å²) in [5.74, 6) is -0.878.